The fourth-order valence-electron chi connectivity index (χ4n) is 1.97. The van der Waals surface area contributed by atoms with Crippen molar-refractivity contribution in [1.82, 2.24) is 5.32 Å². The van der Waals surface area contributed by atoms with Crippen molar-refractivity contribution in [3.8, 4) is 12.3 Å². The fraction of sp³-hybridized carbons (Fsp3) is 0.667. The molecule has 1 saturated carbocycles. The highest BCUT2D eigenvalue weighted by Gasteiger charge is 2.25. The lowest BCUT2D eigenvalue weighted by atomic mass is 9.88. The van der Waals surface area contributed by atoms with Gasteiger partial charge in [-0.25, -0.2) is 4.79 Å². The molecule has 1 aliphatic rings. The lowest BCUT2D eigenvalue weighted by Crippen LogP contribution is -2.43. The SMILES string of the molecule is C#CC[C@H](NC(=O)C1CCCCC1)C(=O)O. The van der Waals surface area contributed by atoms with Crippen LogP contribution in [0.5, 0.6) is 0 Å². The van der Waals surface area contributed by atoms with E-state index >= 15 is 0 Å². The van der Waals surface area contributed by atoms with Gasteiger partial charge in [0.2, 0.25) is 5.91 Å². The molecule has 0 aromatic heterocycles. The number of carboxylic acids is 1. The predicted molar refractivity (Wildman–Crippen MR) is 59.6 cm³/mol. The van der Waals surface area contributed by atoms with Gasteiger partial charge >= 0.3 is 5.97 Å². The van der Waals surface area contributed by atoms with Gasteiger partial charge in [0, 0.05) is 12.3 Å². The number of rotatable bonds is 4. The van der Waals surface area contributed by atoms with Crippen LogP contribution in [0.2, 0.25) is 0 Å². The van der Waals surface area contributed by atoms with Crippen LogP contribution in [0.25, 0.3) is 0 Å². The molecule has 1 amide bonds. The van der Waals surface area contributed by atoms with Crippen LogP contribution >= 0.6 is 0 Å². The summed E-state index contributed by atoms with van der Waals surface area (Å²) in [5, 5.41) is 11.3. The second-order valence-corrected chi connectivity index (χ2v) is 4.14. The standard InChI is InChI=1S/C12H17NO3/c1-2-6-10(12(15)16)13-11(14)9-7-4-3-5-8-9/h1,9-10H,3-8H2,(H,13,14)(H,15,16)/t10-/m0/s1. The molecule has 4 heteroatoms. The third-order valence-corrected chi connectivity index (χ3v) is 2.91. The first-order valence-corrected chi connectivity index (χ1v) is 5.61. The third kappa shape index (κ3) is 3.58. The first-order chi connectivity index (χ1) is 7.65. The minimum absolute atomic E-state index is 0.0339. The molecule has 2 N–H and O–H groups in total. The van der Waals surface area contributed by atoms with Gasteiger partial charge in [0.25, 0.3) is 0 Å². The molecule has 0 bridgehead atoms. The first-order valence-electron chi connectivity index (χ1n) is 5.61. The molecule has 1 fully saturated rings. The smallest absolute Gasteiger partial charge is 0.327 e. The number of terminal acetylenes is 1. The summed E-state index contributed by atoms with van der Waals surface area (Å²) < 4.78 is 0. The maximum absolute atomic E-state index is 11.7. The van der Waals surface area contributed by atoms with Crippen molar-refractivity contribution in [3.05, 3.63) is 0 Å². The molecular formula is C12H17NO3. The summed E-state index contributed by atoms with van der Waals surface area (Å²) in [5.74, 6) is 0.996. The molecule has 0 aromatic carbocycles. The second-order valence-electron chi connectivity index (χ2n) is 4.14. The van der Waals surface area contributed by atoms with E-state index < -0.39 is 12.0 Å². The van der Waals surface area contributed by atoms with Crippen LogP contribution in [0.1, 0.15) is 38.5 Å². The average Bonchev–Trinajstić information content (AvgIpc) is 2.29. The van der Waals surface area contributed by atoms with Crippen molar-refractivity contribution in [2.75, 3.05) is 0 Å². The molecule has 0 aliphatic heterocycles. The first kappa shape index (κ1) is 12.6. The van der Waals surface area contributed by atoms with Crippen molar-refractivity contribution in [3.63, 3.8) is 0 Å². The highest BCUT2D eigenvalue weighted by atomic mass is 16.4. The van der Waals surface area contributed by atoms with E-state index in [0.29, 0.717) is 0 Å². The van der Waals surface area contributed by atoms with E-state index in [0.717, 1.165) is 32.1 Å². The van der Waals surface area contributed by atoms with Gasteiger partial charge in [0.15, 0.2) is 0 Å². The number of amides is 1. The Hall–Kier alpha value is -1.50. The molecule has 0 unspecified atom stereocenters. The summed E-state index contributed by atoms with van der Waals surface area (Å²) >= 11 is 0. The summed E-state index contributed by atoms with van der Waals surface area (Å²) in [6.07, 6.45) is 10.1. The van der Waals surface area contributed by atoms with Gasteiger partial charge in [0.05, 0.1) is 0 Å². The van der Waals surface area contributed by atoms with E-state index in [1.165, 1.54) is 0 Å². The Morgan fingerprint density at radius 1 is 1.38 bits per heavy atom. The van der Waals surface area contributed by atoms with Crippen molar-refractivity contribution < 1.29 is 14.7 Å². The van der Waals surface area contributed by atoms with E-state index in [1.54, 1.807) is 0 Å². The van der Waals surface area contributed by atoms with E-state index in [-0.39, 0.29) is 18.2 Å². The normalized spacial score (nSPS) is 18.4. The molecule has 16 heavy (non-hydrogen) atoms. The van der Waals surface area contributed by atoms with E-state index in [9.17, 15) is 9.59 Å². The molecule has 1 aliphatic carbocycles. The van der Waals surface area contributed by atoms with Gasteiger partial charge < -0.3 is 10.4 Å². The lowest BCUT2D eigenvalue weighted by Gasteiger charge is -2.22. The number of carbonyl (C=O) groups excluding carboxylic acids is 1. The molecule has 88 valence electrons. The van der Waals surface area contributed by atoms with Crippen LogP contribution in [0.3, 0.4) is 0 Å². The number of carbonyl (C=O) groups is 2. The largest absolute Gasteiger partial charge is 0.480 e. The monoisotopic (exact) mass is 223 g/mol. The zero-order chi connectivity index (χ0) is 12.0. The minimum atomic E-state index is -1.07. The van der Waals surface area contributed by atoms with Crippen molar-refractivity contribution in [1.29, 1.82) is 0 Å². The Bertz CT molecular complexity index is 300. The molecule has 0 radical (unpaired) electrons. The van der Waals surface area contributed by atoms with Gasteiger partial charge in [-0.1, -0.05) is 19.3 Å². The van der Waals surface area contributed by atoms with Crippen LogP contribution in [0, 0.1) is 18.3 Å². The molecule has 1 atom stereocenters. The van der Waals surface area contributed by atoms with Crippen LogP contribution < -0.4 is 5.32 Å². The Morgan fingerprint density at radius 3 is 2.50 bits per heavy atom. The number of nitrogens with one attached hydrogen (secondary N) is 1. The maximum Gasteiger partial charge on any atom is 0.327 e. The Labute approximate surface area is 95.4 Å². The van der Waals surface area contributed by atoms with Crippen molar-refractivity contribution in [2.24, 2.45) is 5.92 Å². The summed E-state index contributed by atoms with van der Waals surface area (Å²) in [6.45, 7) is 0. The van der Waals surface area contributed by atoms with Crippen molar-refractivity contribution >= 4 is 11.9 Å². The topological polar surface area (TPSA) is 66.4 Å². The summed E-state index contributed by atoms with van der Waals surface area (Å²) in [7, 11) is 0. The molecule has 4 nitrogen and oxygen atoms in total. The lowest BCUT2D eigenvalue weighted by molar-refractivity contribution is -0.142. The average molecular weight is 223 g/mol. The molecule has 0 spiro atoms. The second kappa shape index (κ2) is 6.16. The highest BCUT2D eigenvalue weighted by Crippen LogP contribution is 2.23. The van der Waals surface area contributed by atoms with Crippen molar-refractivity contribution in [2.45, 2.75) is 44.6 Å². The quantitative estimate of drug-likeness (QED) is 0.703. The van der Waals surface area contributed by atoms with Gasteiger partial charge in [-0.2, -0.15) is 0 Å². The van der Waals surface area contributed by atoms with Gasteiger partial charge in [-0.15, -0.1) is 12.3 Å². The van der Waals surface area contributed by atoms with Gasteiger partial charge in [-0.3, -0.25) is 4.79 Å². The van der Waals surface area contributed by atoms with E-state index in [4.69, 9.17) is 11.5 Å². The Balaban J connectivity index is 2.47. The van der Waals surface area contributed by atoms with Crippen LogP contribution in [-0.2, 0) is 9.59 Å². The Morgan fingerprint density at radius 2 is 2.00 bits per heavy atom. The van der Waals surface area contributed by atoms with Gasteiger partial charge in [-0.05, 0) is 12.8 Å². The Kier molecular flexibility index (Phi) is 4.84. The number of hydrogen-bond donors (Lipinski definition) is 2. The van der Waals surface area contributed by atoms with Gasteiger partial charge in [0.1, 0.15) is 6.04 Å². The zero-order valence-corrected chi connectivity index (χ0v) is 9.24. The van der Waals surface area contributed by atoms with Crippen LogP contribution in [0.15, 0.2) is 0 Å². The van der Waals surface area contributed by atoms with E-state index in [2.05, 4.69) is 11.2 Å². The zero-order valence-electron chi connectivity index (χ0n) is 9.24. The number of carboxylic acid groups (broad SMARTS) is 1. The third-order valence-electron chi connectivity index (χ3n) is 2.91. The molecule has 0 saturated heterocycles. The minimum Gasteiger partial charge on any atom is -0.480 e. The molecule has 0 heterocycles. The molecular weight excluding hydrogens is 206 g/mol. The van der Waals surface area contributed by atoms with Crippen LogP contribution in [-0.4, -0.2) is 23.0 Å². The molecule has 1 rings (SSSR count). The van der Waals surface area contributed by atoms with E-state index in [1.807, 2.05) is 0 Å². The highest BCUT2D eigenvalue weighted by molar-refractivity contribution is 5.85. The fourth-order valence-corrected chi connectivity index (χ4v) is 1.97. The summed E-state index contributed by atoms with van der Waals surface area (Å²) in [5.41, 5.74) is 0. The molecule has 0 aromatic rings. The van der Waals surface area contributed by atoms with Crippen LogP contribution in [0.4, 0.5) is 0 Å². The predicted octanol–water partition coefficient (Wildman–Crippen LogP) is 1.16. The number of aliphatic carboxylic acids is 1. The maximum atomic E-state index is 11.7. The number of hydrogen-bond acceptors (Lipinski definition) is 2. The summed E-state index contributed by atoms with van der Waals surface area (Å²) in [6, 6.07) is -0.945. The summed E-state index contributed by atoms with van der Waals surface area (Å²) in [4.78, 5) is 22.5.